The predicted molar refractivity (Wildman–Crippen MR) is 75.2 cm³/mol. The standard InChI is InChI=1S/C15H11BrFN/c16-12-3-1-10(2-4-12)7-14-9-11-8-13(17)5-6-15(11)18-14/h1-6,8-9,18H,7H2. The minimum Gasteiger partial charge on any atom is -0.358 e. The van der Waals surface area contributed by atoms with E-state index in [2.05, 4.69) is 33.0 Å². The monoisotopic (exact) mass is 303 g/mol. The van der Waals surface area contributed by atoms with Crippen molar-refractivity contribution in [3.63, 3.8) is 0 Å². The van der Waals surface area contributed by atoms with Crippen molar-refractivity contribution in [2.75, 3.05) is 0 Å². The molecule has 1 nitrogen and oxygen atoms in total. The molecule has 0 radical (unpaired) electrons. The summed E-state index contributed by atoms with van der Waals surface area (Å²) < 4.78 is 14.2. The second kappa shape index (κ2) is 4.58. The van der Waals surface area contributed by atoms with Crippen LogP contribution in [-0.2, 0) is 6.42 Å². The van der Waals surface area contributed by atoms with Crippen molar-refractivity contribution in [1.82, 2.24) is 4.98 Å². The summed E-state index contributed by atoms with van der Waals surface area (Å²) in [6.45, 7) is 0. The van der Waals surface area contributed by atoms with E-state index < -0.39 is 0 Å². The lowest BCUT2D eigenvalue weighted by atomic mass is 10.1. The van der Waals surface area contributed by atoms with Gasteiger partial charge < -0.3 is 4.98 Å². The minimum atomic E-state index is -0.198. The van der Waals surface area contributed by atoms with Gasteiger partial charge in [0.2, 0.25) is 0 Å². The molecule has 3 heteroatoms. The van der Waals surface area contributed by atoms with Crippen LogP contribution < -0.4 is 0 Å². The summed E-state index contributed by atoms with van der Waals surface area (Å²) in [5, 5.41) is 0.919. The summed E-state index contributed by atoms with van der Waals surface area (Å²) in [7, 11) is 0. The Labute approximate surface area is 113 Å². The van der Waals surface area contributed by atoms with Crippen LogP contribution in [0.2, 0.25) is 0 Å². The van der Waals surface area contributed by atoms with E-state index in [1.807, 2.05) is 18.2 Å². The maximum Gasteiger partial charge on any atom is 0.123 e. The Hall–Kier alpha value is -1.61. The fraction of sp³-hybridized carbons (Fsp3) is 0.0667. The van der Waals surface area contributed by atoms with Gasteiger partial charge >= 0.3 is 0 Å². The van der Waals surface area contributed by atoms with E-state index in [1.54, 1.807) is 12.1 Å². The third-order valence-electron chi connectivity index (χ3n) is 2.95. The Balaban J connectivity index is 1.92. The van der Waals surface area contributed by atoms with E-state index in [0.717, 1.165) is 27.5 Å². The number of halogens is 2. The molecule has 3 aromatic rings. The van der Waals surface area contributed by atoms with E-state index in [-0.39, 0.29) is 5.82 Å². The number of hydrogen-bond acceptors (Lipinski definition) is 0. The van der Waals surface area contributed by atoms with Gasteiger partial charge in [-0.25, -0.2) is 4.39 Å². The normalized spacial score (nSPS) is 11.0. The molecule has 0 atom stereocenters. The summed E-state index contributed by atoms with van der Waals surface area (Å²) in [6.07, 6.45) is 0.823. The largest absolute Gasteiger partial charge is 0.358 e. The molecule has 0 aliphatic carbocycles. The molecule has 1 heterocycles. The smallest absolute Gasteiger partial charge is 0.123 e. The number of aromatic nitrogens is 1. The van der Waals surface area contributed by atoms with E-state index >= 15 is 0 Å². The van der Waals surface area contributed by atoms with Crippen LogP contribution in [0.3, 0.4) is 0 Å². The Morgan fingerprint density at radius 1 is 1.00 bits per heavy atom. The Morgan fingerprint density at radius 3 is 2.56 bits per heavy atom. The van der Waals surface area contributed by atoms with Crippen molar-refractivity contribution in [2.45, 2.75) is 6.42 Å². The maximum atomic E-state index is 13.1. The summed E-state index contributed by atoms with van der Waals surface area (Å²) in [5.74, 6) is -0.198. The van der Waals surface area contributed by atoms with E-state index in [1.165, 1.54) is 11.6 Å². The highest BCUT2D eigenvalue weighted by Gasteiger charge is 2.03. The van der Waals surface area contributed by atoms with Crippen LogP contribution >= 0.6 is 15.9 Å². The topological polar surface area (TPSA) is 15.8 Å². The van der Waals surface area contributed by atoms with Gasteiger partial charge in [-0.05, 0) is 42.0 Å². The highest BCUT2D eigenvalue weighted by atomic mass is 79.9. The van der Waals surface area contributed by atoms with Crippen molar-refractivity contribution < 1.29 is 4.39 Å². The minimum absolute atomic E-state index is 0.198. The van der Waals surface area contributed by atoms with Crippen molar-refractivity contribution in [2.24, 2.45) is 0 Å². The lowest BCUT2D eigenvalue weighted by Gasteiger charge is -1.99. The number of fused-ring (bicyclic) bond motifs is 1. The number of aromatic amines is 1. The summed E-state index contributed by atoms with van der Waals surface area (Å²) in [6, 6.07) is 15.0. The number of H-pyrrole nitrogens is 1. The third-order valence-corrected chi connectivity index (χ3v) is 3.48. The molecule has 3 rings (SSSR count). The molecule has 0 fully saturated rings. The van der Waals surface area contributed by atoms with Crippen LogP contribution in [-0.4, -0.2) is 4.98 Å². The van der Waals surface area contributed by atoms with E-state index in [0.29, 0.717) is 0 Å². The number of benzene rings is 2. The van der Waals surface area contributed by atoms with Gasteiger partial charge in [0.25, 0.3) is 0 Å². The van der Waals surface area contributed by atoms with Crippen LogP contribution in [0.5, 0.6) is 0 Å². The second-order valence-electron chi connectivity index (χ2n) is 4.33. The number of rotatable bonds is 2. The van der Waals surface area contributed by atoms with Crippen molar-refractivity contribution in [3.8, 4) is 0 Å². The molecular weight excluding hydrogens is 293 g/mol. The third kappa shape index (κ3) is 2.31. The summed E-state index contributed by atoms with van der Waals surface area (Å²) in [4.78, 5) is 3.31. The van der Waals surface area contributed by atoms with E-state index in [9.17, 15) is 4.39 Å². The zero-order valence-corrected chi connectivity index (χ0v) is 11.2. The molecule has 90 valence electrons. The van der Waals surface area contributed by atoms with Crippen LogP contribution in [0, 0.1) is 5.82 Å². The predicted octanol–water partition coefficient (Wildman–Crippen LogP) is 4.66. The SMILES string of the molecule is Fc1ccc2[nH]c(Cc3ccc(Br)cc3)cc2c1. The fourth-order valence-corrected chi connectivity index (χ4v) is 2.35. The molecule has 0 spiro atoms. The van der Waals surface area contributed by atoms with Gasteiger partial charge in [-0.3, -0.25) is 0 Å². The summed E-state index contributed by atoms with van der Waals surface area (Å²) in [5.41, 5.74) is 3.30. The molecule has 0 aliphatic heterocycles. The van der Waals surface area contributed by atoms with Crippen LogP contribution in [0.15, 0.2) is 53.0 Å². The number of nitrogens with one attached hydrogen (secondary N) is 1. The molecule has 1 N–H and O–H groups in total. The molecule has 0 saturated carbocycles. The van der Waals surface area contributed by atoms with Crippen molar-refractivity contribution in [1.29, 1.82) is 0 Å². The zero-order chi connectivity index (χ0) is 12.5. The highest BCUT2D eigenvalue weighted by molar-refractivity contribution is 9.10. The average Bonchev–Trinajstić information content (AvgIpc) is 2.73. The first-order chi connectivity index (χ1) is 8.70. The van der Waals surface area contributed by atoms with Gasteiger partial charge in [0.05, 0.1) is 0 Å². The van der Waals surface area contributed by atoms with Gasteiger partial charge in [0.1, 0.15) is 5.82 Å². The van der Waals surface area contributed by atoms with Gasteiger partial charge in [0, 0.05) is 27.5 Å². The Bertz CT molecular complexity index is 685. The van der Waals surface area contributed by atoms with Gasteiger partial charge in [-0.15, -0.1) is 0 Å². The molecule has 18 heavy (non-hydrogen) atoms. The Morgan fingerprint density at radius 2 is 1.78 bits per heavy atom. The van der Waals surface area contributed by atoms with Crippen molar-refractivity contribution in [3.05, 3.63) is 70.1 Å². The molecule has 2 aromatic carbocycles. The lowest BCUT2D eigenvalue weighted by molar-refractivity contribution is 0.630. The van der Waals surface area contributed by atoms with Crippen LogP contribution in [0.25, 0.3) is 10.9 Å². The molecule has 0 saturated heterocycles. The van der Waals surface area contributed by atoms with Gasteiger partial charge in [0.15, 0.2) is 0 Å². The van der Waals surface area contributed by atoms with Crippen LogP contribution in [0.4, 0.5) is 4.39 Å². The first kappa shape index (κ1) is 11.5. The van der Waals surface area contributed by atoms with E-state index in [4.69, 9.17) is 0 Å². The first-order valence-electron chi connectivity index (χ1n) is 5.72. The lowest BCUT2D eigenvalue weighted by Crippen LogP contribution is -1.87. The maximum absolute atomic E-state index is 13.1. The van der Waals surface area contributed by atoms with Gasteiger partial charge in [-0.1, -0.05) is 28.1 Å². The Kier molecular flexibility index (Phi) is 2.92. The van der Waals surface area contributed by atoms with Crippen molar-refractivity contribution >= 4 is 26.8 Å². The highest BCUT2D eigenvalue weighted by Crippen LogP contribution is 2.19. The van der Waals surface area contributed by atoms with Gasteiger partial charge in [-0.2, -0.15) is 0 Å². The first-order valence-corrected chi connectivity index (χ1v) is 6.51. The average molecular weight is 304 g/mol. The molecule has 0 bridgehead atoms. The number of hydrogen-bond donors (Lipinski definition) is 1. The summed E-state index contributed by atoms with van der Waals surface area (Å²) >= 11 is 3.42. The second-order valence-corrected chi connectivity index (χ2v) is 5.25. The molecule has 0 amide bonds. The molecule has 0 unspecified atom stereocenters. The molecule has 0 aliphatic rings. The molecular formula is C15H11BrFN. The molecule has 1 aromatic heterocycles. The fourth-order valence-electron chi connectivity index (χ4n) is 2.08. The quantitative estimate of drug-likeness (QED) is 0.708. The zero-order valence-electron chi connectivity index (χ0n) is 9.58. The van der Waals surface area contributed by atoms with Crippen LogP contribution in [0.1, 0.15) is 11.3 Å².